The molecule has 0 amide bonds. The van der Waals surface area contributed by atoms with Crippen molar-refractivity contribution in [1.82, 2.24) is 5.32 Å². The van der Waals surface area contributed by atoms with Gasteiger partial charge >= 0.3 is 0 Å². The predicted octanol–water partition coefficient (Wildman–Crippen LogP) is 2.90. The molecule has 1 rings (SSSR count). The Bertz CT molecular complexity index is 363. The molecule has 0 aliphatic carbocycles. The van der Waals surface area contributed by atoms with E-state index in [-0.39, 0.29) is 11.1 Å². The van der Waals surface area contributed by atoms with Gasteiger partial charge in [-0.1, -0.05) is 17.7 Å². The SMILES string of the molecule is CC(C)(C)NCC(O)c1ccc(Cl)cc1F. The maximum absolute atomic E-state index is 13.4. The molecule has 0 heterocycles. The molecule has 1 aromatic carbocycles. The van der Waals surface area contributed by atoms with E-state index in [0.717, 1.165) is 0 Å². The topological polar surface area (TPSA) is 32.3 Å². The summed E-state index contributed by atoms with van der Waals surface area (Å²) in [6.07, 6.45) is -0.864. The van der Waals surface area contributed by atoms with E-state index in [4.69, 9.17) is 11.6 Å². The van der Waals surface area contributed by atoms with E-state index in [9.17, 15) is 9.50 Å². The third kappa shape index (κ3) is 4.08. The Morgan fingerprint density at radius 1 is 1.44 bits per heavy atom. The summed E-state index contributed by atoms with van der Waals surface area (Å²) >= 11 is 5.63. The first-order valence-corrected chi connectivity index (χ1v) is 5.55. The van der Waals surface area contributed by atoms with E-state index >= 15 is 0 Å². The molecule has 0 saturated heterocycles. The third-order valence-electron chi connectivity index (χ3n) is 2.15. The molecule has 0 spiro atoms. The minimum atomic E-state index is -0.864. The van der Waals surface area contributed by atoms with Gasteiger partial charge in [0.05, 0.1) is 6.10 Å². The summed E-state index contributed by atoms with van der Waals surface area (Å²) in [7, 11) is 0. The summed E-state index contributed by atoms with van der Waals surface area (Å²) in [6.45, 7) is 6.26. The van der Waals surface area contributed by atoms with Gasteiger partial charge in [-0.3, -0.25) is 0 Å². The zero-order chi connectivity index (χ0) is 12.3. The van der Waals surface area contributed by atoms with E-state index in [2.05, 4.69) is 5.32 Å². The van der Waals surface area contributed by atoms with Gasteiger partial charge in [-0.25, -0.2) is 4.39 Å². The van der Waals surface area contributed by atoms with Gasteiger partial charge in [0.1, 0.15) is 5.82 Å². The van der Waals surface area contributed by atoms with E-state index in [1.807, 2.05) is 20.8 Å². The number of aliphatic hydroxyl groups excluding tert-OH is 1. The molecule has 1 aromatic rings. The molecule has 1 atom stereocenters. The molecule has 0 aliphatic heterocycles. The van der Waals surface area contributed by atoms with Crippen molar-refractivity contribution in [3.8, 4) is 0 Å². The molecular formula is C12H17ClFNO. The van der Waals surface area contributed by atoms with Gasteiger partial charge in [-0.15, -0.1) is 0 Å². The van der Waals surface area contributed by atoms with Crippen LogP contribution in [0.25, 0.3) is 0 Å². The van der Waals surface area contributed by atoms with Gasteiger partial charge in [-0.2, -0.15) is 0 Å². The van der Waals surface area contributed by atoms with Crippen molar-refractivity contribution in [2.75, 3.05) is 6.54 Å². The lowest BCUT2D eigenvalue weighted by molar-refractivity contribution is 0.159. The van der Waals surface area contributed by atoms with Gasteiger partial charge in [0.25, 0.3) is 0 Å². The molecule has 0 aliphatic rings. The van der Waals surface area contributed by atoms with Crippen molar-refractivity contribution in [2.24, 2.45) is 0 Å². The summed E-state index contributed by atoms with van der Waals surface area (Å²) < 4.78 is 13.4. The van der Waals surface area contributed by atoms with Gasteiger partial charge in [0.2, 0.25) is 0 Å². The molecule has 90 valence electrons. The summed E-state index contributed by atoms with van der Waals surface area (Å²) in [6, 6.07) is 4.28. The van der Waals surface area contributed by atoms with Crippen LogP contribution in [0.5, 0.6) is 0 Å². The zero-order valence-corrected chi connectivity index (χ0v) is 10.5. The van der Waals surface area contributed by atoms with Gasteiger partial charge in [0.15, 0.2) is 0 Å². The summed E-state index contributed by atoms with van der Waals surface area (Å²) in [4.78, 5) is 0. The second-order valence-electron chi connectivity index (χ2n) is 4.81. The first-order chi connectivity index (χ1) is 7.29. The van der Waals surface area contributed by atoms with Crippen LogP contribution in [0.3, 0.4) is 0 Å². The molecule has 2 nitrogen and oxygen atoms in total. The largest absolute Gasteiger partial charge is 0.387 e. The molecule has 0 radical (unpaired) electrons. The number of halogens is 2. The van der Waals surface area contributed by atoms with Crippen molar-refractivity contribution < 1.29 is 9.50 Å². The molecule has 16 heavy (non-hydrogen) atoms. The Kier molecular flexibility index (Phi) is 4.30. The smallest absolute Gasteiger partial charge is 0.130 e. The van der Waals surface area contributed by atoms with Gasteiger partial charge in [0, 0.05) is 22.7 Å². The molecule has 0 saturated carbocycles. The minimum Gasteiger partial charge on any atom is -0.387 e. The van der Waals surface area contributed by atoms with Crippen LogP contribution in [0.15, 0.2) is 18.2 Å². The van der Waals surface area contributed by atoms with Crippen molar-refractivity contribution in [3.05, 3.63) is 34.6 Å². The van der Waals surface area contributed by atoms with Crippen LogP contribution in [0, 0.1) is 5.82 Å². The fourth-order valence-corrected chi connectivity index (χ4v) is 1.44. The summed E-state index contributed by atoms with van der Waals surface area (Å²) in [5, 5.41) is 13.3. The number of aliphatic hydroxyl groups is 1. The molecule has 0 fully saturated rings. The average molecular weight is 246 g/mol. The number of β-amino-alcohol motifs (C(OH)–C–C–N with tert-alkyl or cyclic N) is 1. The van der Waals surface area contributed by atoms with Crippen LogP contribution in [-0.2, 0) is 0 Å². The van der Waals surface area contributed by atoms with Crippen molar-refractivity contribution in [1.29, 1.82) is 0 Å². The lowest BCUT2D eigenvalue weighted by Crippen LogP contribution is -2.38. The van der Waals surface area contributed by atoms with Crippen molar-refractivity contribution in [3.63, 3.8) is 0 Å². The highest BCUT2D eigenvalue weighted by Gasteiger charge is 2.16. The zero-order valence-electron chi connectivity index (χ0n) is 9.72. The lowest BCUT2D eigenvalue weighted by atomic mass is 10.1. The quantitative estimate of drug-likeness (QED) is 0.858. The maximum Gasteiger partial charge on any atom is 0.130 e. The first-order valence-electron chi connectivity index (χ1n) is 5.17. The minimum absolute atomic E-state index is 0.107. The molecule has 0 aromatic heterocycles. The lowest BCUT2D eigenvalue weighted by Gasteiger charge is -2.23. The van der Waals surface area contributed by atoms with Crippen LogP contribution in [0.2, 0.25) is 5.02 Å². The normalized spacial score (nSPS) is 13.9. The standard InChI is InChI=1S/C12H17ClFNO/c1-12(2,3)15-7-11(16)9-5-4-8(13)6-10(9)14/h4-6,11,15-16H,7H2,1-3H3. The van der Waals surface area contributed by atoms with Crippen LogP contribution >= 0.6 is 11.6 Å². The Morgan fingerprint density at radius 3 is 2.56 bits per heavy atom. The monoisotopic (exact) mass is 245 g/mol. The Hall–Kier alpha value is -0.640. The van der Waals surface area contributed by atoms with E-state index in [1.54, 1.807) is 6.07 Å². The van der Waals surface area contributed by atoms with Crippen LogP contribution in [0.1, 0.15) is 32.4 Å². The number of benzene rings is 1. The number of hydrogen-bond acceptors (Lipinski definition) is 2. The molecule has 4 heteroatoms. The highest BCUT2D eigenvalue weighted by atomic mass is 35.5. The van der Waals surface area contributed by atoms with E-state index < -0.39 is 11.9 Å². The highest BCUT2D eigenvalue weighted by molar-refractivity contribution is 6.30. The number of nitrogens with one attached hydrogen (secondary N) is 1. The maximum atomic E-state index is 13.4. The molecular weight excluding hydrogens is 229 g/mol. The first kappa shape index (κ1) is 13.4. The Morgan fingerprint density at radius 2 is 2.06 bits per heavy atom. The molecule has 2 N–H and O–H groups in total. The second kappa shape index (κ2) is 5.13. The summed E-state index contributed by atoms with van der Waals surface area (Å²) in [5.74, 6) is -0.476. The van der Waals surface area contributed by atoms with E-state index in [0.29, 0.717) is 11.6 Å². The fraction of sp³-hybridized carbons (Fsp3) is 0.500. The molecule has 1 unspecified atom stereocenters. The average Bonchev–Trinajstić information content (AvgIpc) is 2.13. The Labute approximate surface area is 100 Å². The van der Waals surface area contributed by atoms with Crippen LogP contribution in [0.4, 0.5) is 4.39 Å². The number of rotatable bonds is 3. The van der Waals surface area contributed by atoms with Crippen molar-refractivity contribution >= 4 is 11.6 Å². The summed E-state index contributed by atoms with van der Waals surface area (Å²) in [5.41, 5.74) is 0.158. The van der Waals surface area contributed by atoms with Gasteiger partial charge in [-0.05, 0) is 32.9 Å². The van der Waals surface area contributed by atoms with Crippen LogP contribution in [-0.4, -0.2) is 17.2 Å². The highest BCUT2D eigenvalue weighted by Crippen LogP contribution is 2.20. The van der Waals surface area contributed by atoms with Crippen molar-refractivity contribution in [2.45, 2.75) is 32.4 Å². The second-order valence-corrected chi connectivity index (χ2v) is 5.25. The number of hydrogen-bond donors (Lipinski definition) is 2. The predicted molar refractivity (Wildman–Crippen MR) is 64.1 cm³/mol. The fourth-order valence-electron chi connectivity index (χ4n) is 1.28. The molecule has 0 bridgehead atoms. The third-order valence-corrected chi connectivity index (χ3v) is 2.38. The van der Waals surface area contributed by atoms with E-state index in [1.165, 1.54) is 12.1 Å². The van der Waals surface area contributed by atoms with Crippen LogP contribution < -0.4 is 5.32 Å². The Balaban J connectivity index is 2.70. The van der Waals surface area contributed by atoms with Gasteiger partial charge < -0.3 is 10.4 Å².